The molecule has 2 heteroatoms. The van der Waals surface area contributed by atoms with Gasteiger partial charge in [-0.3, -0.25) is 0 Å². The van der Waals surface area contributed by atoms with Gasteiger partial charge in [0.1, 0.15) is 0 Å². The molecule has 0 spiro atoms. The summed E-state index contributed by atoms with van der Waals surface area (Å²) in [6.45, 7) is 2.28. The van der Waals surface area contributed by atoms with E-state index in [9.17, 15) is 0 Å². The molecule has 2 rings (SSSR count). The summed E-state index contributed by atoms with van der Waals surface area (Å²) < 4.78 is 0. The summed E-state index contributed by atoms with van der Waals surface area (Å²) >= 11 is 12.7. The molecule has 0 N–H and O–H groups in total. The molecule has 1 aliphatic rings. The summed E-state index contributed by atoms with van der Waals surface area (Å²) in [4.78, 5) is 0. The fraction of sp³-hybridized carbons (Fsp3) is 0.667. The maximum atomic E-state index is 6.66. The van der Waals surface area contributed by atoms with Crippen molar-refractivity contribution in [3.05, 3.63) is 34.9 Å². The first kappa shape index (κ1) is 16.2. The van der Waals surface area contributed by atoms with Crippen LogP contribution in [0.15, 0.2) is 24.3 Å². The van der Waals surface area contributed by atoms with Crippen molar-refractivity contribution >= 4 is 23.2 Å². The van der Waals surface area contributed by atoms with Crippen LogP contribution in [0.2, 0.25) is 5.02 Å². The minimum atomic E-state index is 0.264. The first-order chi connectivity index (χ1) is 9.69. The summed E-state index contributed by atoms with van der Waals surface area (Å²) in [5, 5.41) is 1.08. The molecular formula is C18H26Cl2. The Kier molecular flexibility index (Phi) is 6.71. The summed E-state index contributed by atoms with van der Waals surface area (Å²) in [5.41, 5.74) is 1.27. The quantitative estimate of drug-likeness (QED) is 0.527. The summed E-state index contributed by atoms with van der Waals surface area (Å²) in [6.07, 6.45) is 10.5. The SMILES string of the molecule is CCCCC1CCC(C(Cl)Cc2cccc(Cl)c2)CC1. The van der Waals surface area contributed by atoms with Crippen molar-refractivity contribution in [1.29, 1.82) is 0 Å². The van der Waals surface area contributed by atoms with E-state index in [2.05, 4.69) is 13.0 Å². The molecule has 0 saturated heterocycles. The van der Waals surface area contributed by atoms with Gasteiger partial charge >= 0.3 is 0 Å². The molecule has 112 valence electrons. The summed E-state index contributed by atoms with van der Waals surface area (Å²) in [5.74, 6) is 1.65. The van der Waals surface area contributed by atoms with Crippen molar-refractivity contribution in [3.63, 3.8) is 0 Å². The van der Waals surface area contributed by atoms with Crippen molar-refractivity contribution in [2.24, 2.45) is 11.8 Å². The number of hydrogen-bond acceptors (Lipinski definition) is 0. The van der Waals surface area contributed by atoms with Gasteiger partial charge in [0, 0.05) is 10.4 Å². The van der Waals surface area contributed by atoms with Gasteiger partial charge < -0.3 is 0 Å². The first-order valence-corrected chi connectivity index (χ1v) is 8.89. The van der Waals surface area contributed by atoms with Crippen LogP contribution in [0.1, 0.15) is 57.4 Å². The van der Waals surface area contributed by atoms with Gasteiger partial charge in [0.05, 0.1) is 0 Å². The van der Waals surface area contributed by atoms with Gasteiger partial charge in [-0.15, -0.1) is 11.6 Å². The Morgan fingerprint density at radius 1 is 1.20 bits per heavy atom. The molecule has 1 atom stereocenters. The zero-order chi connectivity index (χ0) is 14.4. The Hall–Kier alpha value is -0.200. The second-order valence-corrected chi connectivity index (χ2v) is 7.27. The largest absolute Gasteiger partial charge is 0.122 e. The van der Waals surface area contributed by atoms with E-state index in [1.807, 2.05) is 18.2 Å². The zero-order valence-electron chi connectivity index (χ0n) is 12.5. The lowest BCUT2D eigenvalue weighted by molar-refractivity contribution is 0.253. The standard InChI is InChI=1S/C18H26Cl2/c1-2-3-5-14-8-10-16(11-9-14)18(20)13-15-6-4-7-17(19)12-15/h4,6-7,12,14,16,18H,2-3,5,8-11,13H2,1H3. The van der Waals surface area contributed by atoms with E-state index >= 15 is 0 Å². The van der Waals surface area contributed by atoms with Gasteiger partial charge in [-0.25, -0.2) is 0 Å². The average molecular weight is 313 g/mol. The summed E-state index contributed by atoms with van der Waals surface area (Å²) in [7, 11) is 0. The summed E-state index contributed by atoms with van der Waals surface area (Å²) in [6, 6.07) is 8.12. The molecule has 0 bridgehead atoms. The van der Waals surface area contributed by atoms with Crippen molar-refractivity contribution in [2.75, 3.05) is 0 Å². The zero-order valence-corrected chi connectivity index (χ0v) is 14.0. The predicted molar refractivity (Wildman–Crippen MR) is 89.8 cm³/mol. The lowest BCUT2D eigenvalue weighted by atomic mass is 9.77. The molecule has 0 amide bonds. The fourth-order valence-electron chi connectivity index (χ4n) is 3.39. The third kappa shape index (κ3) is 4.97. The second-order valence-electron chi connectivity index (χ2n) is 6.27. The highest BCUT2D eigenvalue weighted by atomic mass is 35.5. The van der Waals surface area contributed by atoms with Crippen LogP contribution >= 0.6 is 23.2 Å². The normalized spacial score (nSPS) is 24.6. The lowest BCUT2D eigenvalue weighted by Crippen LogP contribution is -2.23. The predicted octanol–water partition coefficient (Wildman–Crippen LogP) is 6.49. The Balaban J connectivity index is 1.78. The highest BCUT2D eigenvalue weighted by Crippen LogP contribution is 2.36. The number of hydrogen-bond donors (Lipinski definition) is 0. The molecule has 1 unspecified atom stereocenters. The Morgan fingerprint density at radius 2 is 1.95 bits per heavy atom. The van der Waals surface area contributed by atoms with E-state index in [0.717, 1.165) is 17.4 Å². The molecule has 1 aliphatic carbocycles. The molecule has 0 aliphatic heterocycles. The van der Waals surface area contributed by atoms with Gasteiger partial charge in [-0.05, 0) is 48.8 Å². The van der Waals surface area contributed by atoms with Crippen LogP contribution in [0.5, 0.6) is 0 Å². The van der Waals surface area contributed by atoms with Crippen LogP contribution in [-0.2, 0) is 6.42 Å². The number of alkyl halides is 1. The highest BCUT2D eigenvalue weighted by Gasteiger charge is 2.26. The van der Waals surface area contributed by atoms with Crippen LogP contribution in [0.3, 0.4) is 0 Å². The molecule has 0 heterocycles. The van der Waals surface area contributed by atoms with E-state index in [0.29, 0.717) is 5.92 Å². The Bertz CT molecular complexity index is 394. The van der Waals surface area contributed by atoms with Gasteiger partial charge in [-0.2, -0.15) is 0 Å². The first-order valence-electron chi connectivity index (χ1n) is 8.07. The molecule has 1 fully saturated rings. The average Bonchev–Trinajstić information content (AvgIpc) is 2.45. The molecule has 20 heavy (non-hydrogen) atoms. The van der Waals surface area contributed by atoms with Crippen LogP contribution in [0, 0.1) is 11.8 Å². The molecule has 1 aromatic rings. The third-order valence-electron chi connectivity index (χ3n) is 4.69. The number of rotatable bonds is 6. The lowest BCUT2D eigenvalue weighted by Gasteiger charge is -2.31. The fourth-order valence-corrected chi connectivity index (χ4v) is 4.03. The van der Waals surface area contributed by atoms with E-state index in [-0.39, 0.29) is 5.38 Å². The number of halogens is 2. The minimum absolute atomic E-state index is 0.264. The van der Waals surface area contributed by atoms with Crippen LogP contribution in [0.4, 0.5) is 0 Å². The monoisotopic (exact) mass is 312 g/mol. The topological polar surface area (TPSA) is 0 Å². The Morgan fingerprint density at radius 3 is 2.60 bits per heavy atom. The highest BCUT2D eigenvalue weighted by molar-refractivity contribution is 6.30. The van der Waals surface area contributed by atoms with Crippen molar-refractivity contribution < 1.29 is 0 Å². The molecule has 1 aromatic carbocycles. The molecule has 0 nitrogen and oxygen atoms in total. The number of unbranched alkanes of at least 4 members (excludes halogenated alkanes) is 1. The minimum Gasteiger partial charge on any atom is -0.122 e. The van der Waals surface area contributed by atoms with Gasteiger partial charge in [0.25, 0.3) is 0 Å². The molecule has 1 saturated carbocycles. The van der Waals surface area contributed by atoms with Crippen LogP contribution in [-0.4, -0.2) is 5.38 Å². The number of benzene rings is 1. The van der Waals surface area contributed by atoms with Crippen molar-refractivity contribution in [1.82, 2.24) is 0 Å². The smallest absolute Gasteiger partial charge is 0.0408 e. The van der Waals surface area contributed by atoms with E-state index in [1.165, 1.54) is 50.5 Å². The van der Waals surface area contributed by atoms with Crippen molar-refractivity contribution in [3.8, 4) is 0 Å². The molecule has 0 radical (unpaired) electrons. The van der Waals surface area contributed by atoms with Crippen LogP contribution in [0.25, 0.3) is 0 Å². The van der Waals surface area contributed by atoms with Crippen molar-refractivity contribution in [2.45, 2.75) is 63.7 Å². The maximum Gasteiger partial charge on any atom is 0.0408 e. The Labute approximate surface area is 133 Å². The third-order valence-corrected chi connectivity index (χ3v) is 5.43. The second kappa shape index (κ2) is 8.29. The van der Waals surface area contributed by atoms with E-state index < -0.39 is 0 Å². The maximum absolute atomic E-state index is 6.66. The van der Waals surface area contributed by atoms with E-state index in [1.54, 1.807) is 0 Å². The van der Waals surface area contributed by atoms with Gasteiger partial charge in [-0.1, -0.05) is 62.8 Å². The molecule has 0 aromatic heterocycles. The van der Waals surface area contributed by atoms with E-state index in [4.69, 9.17) is 23.2 Å². The molecular weight excluding hydrogens is 287 g/mol. The van der Waals surface area contributed by atoms with Crippen LogP contribution < -0.4 is 0 Å². The van der Waals surface area contributed by atoms with Gasteiger partial charge in [0.15, 0.2) is 0 Å². The van der Waals surface area contributed by atoms with Gasteiger partial charge in [0.2, 0.25) is 0 Å².